The number of nitrogens with one attached hydrogen (secondary N) is 2. The van der Waals surface area contributed by atoms with Crippen molar-refractivity contribution in [1.82, 2.24) is 10.3 Å². The normalized spacial score (nSPS) is 22.9. The SMILES string of the molecule is O=C(Nc1ccc([N+](=O)[O-])cn1)NC1C2CN(c3ccc(F)cc3F)CC21. The predicted octanol–water partition coefficient (Wildman–Crippen LogP) is 2.52. The standard InChI is InChI=1S/C17H15F2N5O3/c18-9-1-3-14(13(19)5-9)23-7-11-12(8-23)16(11)22-17(25)21-15-4-2-10(6-20-15)24(26)27/h1-6,11-12,16H,7-8H2,(H2,20,21,22,25). The fourth-order valence-electron chi connectivity index (χ4n) is 3.55. The lowest BCUT2D eigenvalue weighted by Gasteiger charge is -2.22. The van der Waals surface area contributed by atoms with E-state index in [0.717, 1.165) is 12.3 Å². The number of fused-ring (bicyclic) bond motifs is 1. The zero-order chi connectivity index (χ0) is 19.1. The number of aromatic nitrogens is 1. The molecule has 2 N–H and O–H groups in total. The number of carbonyl (C=O) groups excluding carboxylic acids is 1. The van der Waals surface area contributed by atoms with Crippen LogP contribution in [0.15, 0.2) is 36.5 Å². The summed E-state index contributed by atoms with van der Waals surface area (Å²) in [7, 11) is 0. The number of amides is 2. The number of nitro groups is 1. The van der Waals surface area contributed by atoms with Crippen LogP contribution in [0, 0.1) is 33.6 Å². The second-order valence-corrected chi connectivity index (χ2v) is 6.61. The van der Waals surface area contributed by atoms with Gasteiger partial charge < -0.3 is 10.2 Å². The monoisotopic (exact) mass is 375 g/mol. The Hall–Kier alpha value is -3.30. The molecule has 1 aliphatic heterocycles. The van der Waals surface area contributed by atoms with Gasteiger partial charge in [-0.05, 0) is 18.2 Å². The third-order valence-corrected chi connectivity index (χ3v) is 4.94. The first-order chi connectivity index (χ1) is 12.9. The molecule has 2 atom stereocenters. The molecule has 4 rings (SSSR count). The molecule has 0 bridgehead atoms. The van der Waals surface area contributed by atoms with E-state index in [1.165, 1.54) is 24.3 Å². The van der Waals surface area contributed by atoms with Crippen LogP contribution in [-0.2, 0) is 0 Å². The Morgan fingerprint density at radius 3 is 2.56 bits per heavy atom. The maximum absolute atomic E-state index is 13.9. The van der Waals surface area contributed by atoms with Gasteiger partial charge in [0, 0.05) is 43.1 Å². The minimum Gasteiger partial charge on any atom is -0.368 e. The van der Waals surface area contributed by atoms with Crippen LogP contribution in [0.4, 0.5) is 30.8 Å². The molecule has 2 heterocycles. The van der Waals surface area contributed by atoms with Crippen molar-refractivity contribution in [2.75, 3.05) is 23.3 Å². The van der Waals surface area contributed by atoms with Crippen molar-refractivity contribution in [3.8, 4) is 0 Å². The molecule has 1 saturated carbocycles. The maximum atomic E-state index is 13.9. The van der Waals surface area contributed by atoms with Gasteiger partial charge in [0.15, 0.2) is 0 Å². The van der Waals surface area contributed by atoms with Crippen LogP contribution in [0.1, 0.15) is 0 Å². The van der Waals surface area contributed by atoms with Crippen LogP contribution < -0.4 is 15.5 Å². The van der Waals surface area contributed by atoms with Gasteiger partial charge in [-0.25, -0.2) is 18.6 Å². The summed E-state index contributed by atoms with van der Waals surface area (Å²) in [5.41, 5.74) is 0.202. The van der Waals surface area contributed by atoms with E-state index >= 15 is 0 Å². The molecule has 10 heteroatoms. The van der Waals surface area contributed by atoms with E-state index in [-0.39, 0.29) is 29.4 Å². The highest BCUT2D eigenvalue weighted by molar-refractivity contribution is 5.88. The lowest BCUT2D eigenvalue weighted by molar-refractivity contribution is -0.385. The van der Waals surface area contributed by atoms with Crippen LogP contribution in [0.2, 0.25) is 0 Å². The van der Waals surface area contributed by atoms with E-state index in [9.17, 15) is 23.7 Å². The maximum Gasteiger partial charge on any atom is 0.320 e. The molecule has 140 valence electrons. The number of benzene rings is 1. The van der Waals surface area contributed by atoms with Crippen LogP contribution in [0.3, 0.4) is 0 Å². The Morgan fingerprint density at radius 1 is 1.22 bits per heavy atom. The summed E-state index contributed by atoms with van der Waals surface area (Å²) in [5, 5.41) is 15.9. The van der Waals surface area contributed by atoms with E-state index in [4.69, 9.17) is 0 Å². The van der Waals surface area contributed by atoms with E-state index < -0.39 is 22.6 Å². The molecule has 1 saturated heterocycles. The molecule has 1 aromatic carbocycles. The molecule has 0 spiro atoms. The van der Waals surface area contributed by atoms with Crippen molar-refractivity contribution >= 4 is 23.2 Å². The van der Waals surface area contributed by atoms with E-state index in [1.54, 1.807) is 0 Å². The van der Waals surface area contributed by atoms with Crippen molar-refractivity contribution in [1.29, 1.82) is 0 Å². The minimum atomic E-state index is -0.614. The Morgan fingerprint density at radius 2 is 1.96 bits per heavy atom. The van der Waals surface area contributed by atoms with Crippen LogP contribution in [-0.4, -0.2) is 35.1 Å². The van der Waals surface area contributed by atoms with Gasteiger partial charge >= 0.3 is 6.03 Å². The summed E-state index contributed by atoms with van der Waals surface area (Å²) in [4.78, 5) is 27.7. The average molecular weight is 375 g/mol. The second kappa shape index (κ2) is 6.45. The first kappa shape index (κ1) is 17.1. The molecule has 2 aromatic rings. The van der Waals surface area contributed by atoms with Gasteiger partial charge in [0.05, 0.1) is 10.6 Å². The number of piperidine rings is 1. The van der Waals surface area contributed by atoms with Gasteiger partial charge in [0.2, 0.25) is 0 Å². The number of hydrogen-bond donors (Lipinski definition) is 2. The number of carbonyl (C=O) groups is 1. The molecule has 1 aromatic heterocycles. The van der Waals surface area contributed by atoms with E-state index in [1.807, 2.05) is 4.90 Å². The van der Waals surface area contributed by atoms with Gasteiger partial charge in [-0.3, -0.25) is 15.4 Å². The fraction of sp³-hybridized carbons (Fsp3) is 0.294. The zero-order valence-corrected chi connectivity index (χ0v) is 13.9. The third-order valence-electron chi connectivity index (χ3n) is 4.94. The zero-order valence-electron chi connectivity index (χ0n) is 13.9. The molecule has 1 aliphatic carbocycles. The Labute approximate surface area is 152 Å². The molecule has 2 aliphatic rings. The summed E-state index contributed by atoms with van der Waals surface area (Å²) in [6, 6.07) is 5.64. The highest BCUT2D eigenvalue weighted by Crippen LogP contribution is 2.47. The summed E-state index contributed by atoms with van der Waals surface area (Å²) in [5.74, 6) is -0.603. The number of urea groups is 1. The highest BCUT2D eigenvalue weighted by atomic mass is 19.1. The number of halogens is 2. The van der Waals surface area contributed by atoms with Crippen LogP contribution in [0.25, 0.3) is 0 Å². The largest absolute Gasteiger partial charge is 0.368 e. The number of hydrogen-bond acceptors (Lipinski definition) is 5. The predicted molar refractivity (Wildman–Crippen MR) is 92.4 cm³/mol. The summed E-state index contributed by atoms with van der Waals surface area (Å²) < 4.78 is 26.9. The van der Waals surface area contributed by atoms with Crippen molar-refractivity contribution in [3.63, 3.8) is 0 Å². The summed E-state index contributed by atoms with van der Waals surface area (Å²) >= 11 is 0. The van der Waals surface area contributed by atoms with Crippen molar-refractivity contribution in [3.05, 3.63) is 58.3 Å². The Balaban J connectivity index is 1.29. The summed E-state index contributed by atoms with van der Waals surface area (Å²) in [6.07, 6.45) is 1.07. The number of nitrogens with zero attached hydrogens (tertiary/aromatic N) is 3. The fourth-order valence-corrected chi connectivity index (χ4v) is 3.55. The van der Waals surface area contributed by atoms with Crippen molar-refractivity contribution < 1.29 is 18.5 Å². The van der Waals surface area contributed by atoms with Crippen LogP contribution >= 0.6 is 0 Å². The molecule has 2 amide bonds. The van der Waals surface area contributed by atoms with Crippen LogP contribution in [0.5, 0.6) is 0 Å². The molecule has 2 fully saturated rings. The van der Waals surface area contributed by atoms with Gasteiger partial charge in [-0.1, -0.05) is 0 Å². The average Bonchev–Trinajstić information content (AvgIpc) is 3.05. The third kappa shape index (κ3) is 3.37. The molecule has 0 radical (unpaired) electrons. The van der Waals surface area contributed by atoms with Gasteiger partial charge in [-0.2, -0.15) is 0 Å². The molecule has 27 heavy (non-hydrogen) atoms. The minimum absolute atomic E-state index is 0.0252. The topological polar surface area (TPSA) is 100 Å². The highest BCUT2D eigenvalue weighted by Gasteiger charge is 2.56. The molecular formula is C17H15F2N5O3. The second-order valence-electron chi connectivity index (χ2n) is 6.61. The smallest absolute Gasteiger partial charge is 0.320 e. The number of pyridine rings is 1. The lowest BCUT2D eigenvalue weighted by Crippen LogP contribution is -2.37. The molecular weight excluding hydrogens is 360 g/mol. The quantitative estimate of drug-likeness (QED) is 0.632. The van der Waals surface area contributed by atoms with Gasteiger partial charge in [0.1, 0.15) is 23.6 Å². The summed E-state index contributed by atoms with van der Waals surface area (Å²) in [6.45, 7) is 1.15. The van der Waals surface area contributed by atoms with E-state index in [2.05, 4.69) is 15.6 Å². The van der Waals surface area contributed by atoms with Gasteiger partial charge in [0.25, 0.3) is 5.69 Å². The Kier molecular flexibility index (Phi) is 4.09. The lowest BCUT2D eigenvalue weighted by atomic mass is 10.2. The first-order valence-electron chi connectivity index (χ1n) is 8.30. The number of anilines is 2. The van der Waals surface area contributed by atoms with Gasteiger partial charge in [-0.15, -0.1) is 0 Å². The van der Waals surface area contributed by atoms with E-state index in [0.29, 0.717) is 18.8 Å². The van der Waals surface area contributed by atoms with Crippen molar-refractivity contribution in [2.45, 2.75) is 6.04 Å². The Bertz CT molecular complexity index is 896. The first-order valence-corrected chi connectivity index (χ1v) is 8.30. The molecule has 2 unspecified atom stereocenters. The van der Waals surface area contributed by atoms with Crippen molar-refractivity contribution in [2.24, 2.45) is 11.8 Å². The molecule has 8 nitrogen and oxygen atoms in total. The number of rotatable bonds is 4.